The van der Waals surface area contributed by atoms with E-state index in [2.05, 4.69) is 200 Å². The van der Waals surface area contributed by atoms with Gasteiger partial charge in [0.1, 0.15) is 5.82 Å². The van der Waals surface area contributed by atoms with Crippen LogP contribution in [0, 0.1) is 0 Å². The fourth-order valence-electron chi connectivity index (χ4n) is 8.59. The van der Waals surface area contributed by atoms with E-state index < -0.39 is 0 Å². The van der Waals surface area contributed by atoms with Crippen molar-refractivity contribution >= 4 is 0 Å². The number of aromatic nitrogens is 6. The lowest BCUT2D eigenvalue weighted by Gasteiger charge is -2.18. The van der Waals surface area contributed by atoms with Crippen LogP contribution in [0.1, 0.15) is 18.2 Å². The summed E-state index contributed by atoms with van der Waals surface area (Å²) < 4.78 is 0. The molecule has 1 atom stereocenters. The summed E-state index contributed by atoms with van der Waals surface area (Å²) >= 11 is 0. The third-order valence-electron chi connectivity index (χ3n) is 12.0. The fourth-order valence-corrected chi connectivity index (χ4v) is 8.59. The molecule has 0 amide bonds. The molecule has 0 bridgehead atoms. The molecular weight excluding hydrogens is 805 g/mol. The molecule has 6 nitrogen and oxygen atoms in total. The highest BCUT2D eigenvalue weighted by Crippen LogP contribution is 2.41. The van der Waals surface area contributed by atoms with Crippen molar-refractivity contribution in [2.24, 2.45) is 0 Å². The van der Waals surface area contributed by atoms with Crippen molar-refractivity contribution < 1.29 is 0 Å². The van der Waals surface area contributed by atoms with Crippen molar-refractivity contribution in [3.8, 4) is 101 Å². The summed E-state index contributed by atoms with van der Waals surface area (Å²) in [6.45, 7) is 0. The Kier molecular flexibility index (Phi) is 11.0. The van der Waals surface area contributed by atoms with Gasteiger partial charge in [-0.05, 0) is 50.9 Å². The van der Waals surface area contributed by atoms with Gasteiger partial charge in [0.15, 0.2) is 29.1 Å². The average molecular weight is 847 g/mol. The normalized spacial score (nSPS) is 13.1. The van der Waals surface area contributed by atoms with Crippen molar-refractivity contribution in [2.75, 3.05) is 0 Å². The molecule has 0 fully saturated rings. The second kappa shape index (κ2) is 18.2. The van der Waals surface area contributed by atoms with Gasteiger partial charge < -0.3 is 0 Å². The second-order valence-electron chi connectivity index (χ2n) is 16.2. The van der Waals surface area contributed by atoms with Crippen LogP contribution >= 0.6 is 0 Å². The van der Waals surface area contributed by atoms with Gasteiger partial charge in [-0.15, -0.1) is 0 Å². The quantitative estimate of drug-likeness (QED) is 0.136. The Hall–Kier alpha value is -8.74. The second-order valence-corrected chi connectivity index (χ2v) is 16.2. The van der Waals surface area contributed by atoms with E-state index >= 15 is 0 Å². The first-order chi connectivity index (χ1) is 32.7. The number of nitrogens with zero attached hydrogens (tertiary/aromatic N) is 6. The standard InChI is InChI=1S/C60H42N6/c1-5-19-41(20-6-1)43-33-37-47(38-34-43)57-62-58(48-39-35-44(36-40-48)42-21-7-2-8-22-42)66-60(65-57)54-32-18-16-30-52(54)50-28-14-13-27-49(50)51-29-15-17-31-53(51)59-63-55(45-23-9-3-10-24-45)61-56(64-59)46-25-11-4-12-26-46/h1-25,27-40,46H,26H2. The van der Waals surface area contributed by atoms with Crippen molar-refractivity contribution in [3.05, 3.63) is 242 Å². The van der Waals surface area contributed by atoms with Crippen LogP contribution in [-0.2, 0) is 0 Å². The van der Waals surface area contributed by atoms with Gasteiger partial charge in [-0.25, -0.2) is 29.9 Å². The molecule has 1 aliphatic carbocycles. The minimum Gasteiger partial charge on any atom is -0.212 e. The molecular formula is C60H42N6. The summed E-state index contributed by atoms with van der Waals surface area (Å²) in [5, 5.41) is 0. The zero-order valence-electron chi connectivity index (χ0n) is 36.0. The number of hydrogen-bond donors (Lipinski definition) is 0. The minimum atomic E-state index is 0.0456. The van der Waals surface area contributed by atoms with Crippen LogP contribution in [0.25, 0.3) is 101 Å². The molecule has 6 heteroatoms. The molecule has 0 saturated carbocycles. The third kappa shape index (κ3) is 8.27. The highest BCUT2D eigenvalue weighted by molar-refractivity contribution is 5.94. The molecule has 66 heavy (non-hydrogen) atoms. The molecule has 0 spiro atoms. The molecule has 10 aromatic rings. The summed E-state index contributed by atoms with van der Waals surface area (Å²) in [6.07, 6.45) is 9.31. The third-order valence-corrected chi connectivity index (χ3v) is 12.0. The molecule has 2 aromatic heterocycles. The maximum Gasteiger partial charge on any atom is 0.164 e. The summed E-state index contributed by atoms with van der Waals surface area (Å²) in [7, 11) is 0. The lowest BCUT2D eigenvalue weighted by molar-refractivity contribution is 0.764. The van der Waals surface area contributed by atoms with Gasteiger partial charge in [0.25, 0.3) is 0 Å². The maximum absolute atomic E-state index is 5.25. The number of benzene rings is 8. The van der Waals surface area contributed by atoms with Gasteiger partial charge in [-0.1, -0.05) is 237 Å². The molecule has 11 rings (SSSR count). The highest BCUT2D eigenvalue weighted by atomic mass is 15.0. The monoisotopic (exact) mass is 846 g/mol. The predicted octanol–water partition coefficient (Wildman–Crippen LogP) is 14.7. The Balaban J connectivity index is 1.04. The Morgan fingerprint density at radius 1 is 0.258 bits per heavy atom. The average Bonchev–Trinajstić information content (AvgIpc) is 3.41. The molecule has 0 saturated heterocycles. The van der Waals surface area contributed by atoms with E-state index in [9.17, 15) is 0 Å². The number of rotatable bonds is 10. The predicted molar refractivity (Wildman–Crippen MR) is 268 cm³/mol. The molecule has 0 radical (unpaired) electrons. The summed E-state index contributed by atoms with van der Waals surface area (Å²) in [5.74, 6) is 3.85. The smallest absolute Gasteiger partial charge is 0.164 e. The van der Waals surface area contributed by atoms with Crippen molar-refractivity contribution in [2.45, 2.75) is 12.3 Å². The van der Waals surface area contributed by atoms with E-state index in [1.54, 1.807) is 0 Å². The van der Waals surface area contributed by atoms with Gasteiger partial charge in [0.2, 0.25) is 0 Å². The Morgan fingerprint density at radius 3 is 1.00 bits per heavy atom. The van der Waals surface area contributed by atoms with Gasteiger partial charge in [0.05, 0.1) is 0 Å². The molecule has 2 heterocycles. The molecule has 8 aromatic carbocycles. The highest BCUT2D eigenvalue weighted by Gasteiger charge is 2.22. The van der Waals surface area contributed by atoms with Crippen LogP contribution in [0.15, 0.2) is 237 Å². The minimum absolute atomic E-state index is 0.0456. The van der Waals surface area contributed by atoms with Gasteiger partial charge in [-0.2, -0.15) is 0 Å². The van der Waals surface area contributed by atoms with E-state index in [1.165, 1.54) is 0 Å². The molecule has 0 aliphatic heterocycles. The molecule has 1 unspecified atom stereocenters. The fraction of sp³-hybridized carbons (Fsp3) is 0.0333. The van der Waals surface area contributed by atoms with Crippen LogP contribution in [-0.4, -0.2) is 29.9 Å². The Morgan fingerprint density at radius 2 is 0.561 bits per heavy atom. The molecule has 0 N–H and O–H groups in total. The zero-order valence-corrected chi connectivity index (χ0v) is 36.0. The molecule has 312 valence electrons. The van der Waals surface area contributed by atoms with Crippen LogP contribution in [0.3, 0.4) is 0 Å². The number of allylic oxidation sites excluding steroid dienone is 4. The molecule has 1 aliphatic rings. The van der Waals surface area contributed by atoms with Gasteiger partial charge >= 0.3 is 0 Å². The first-order valence-corrected chi connectivity index (χ1v) is 22.2. The van der Waals surface area contributed by atoms with Gasteiger partial charge in [0, 0.05) is 33.7 Å². The van der Waals surface area contributed by atoms with Gasteiger partial charge in [-0.3, -0.25) is 0 Å². The lowest BCUT2D eigenvalue weighted by Crippen LogP contribution is -2.08. The van der Waals surface area contributed by atoms with Crippen LogP contribution in [0.4, 0.5) is 0 Å². The summed E-state index contributed by atoms with van der Waals surface area (Å²) in [6, 6.07) is 73.1. The van der Waals surface area contributed by atoms with Crippen molar-refractivity contribution in [3.63, 3.8) is 0 Å². The lowest BCUT2D eigenvalue weighted by atomic mass is 9.89. The van der Waals surface area contributed by atoms with E-state index in [4.69, 9.17) is 29.9 Å². The largest absolute Gasteiger partial charge is 0.212 e. The Labute approximate surface area is 384 Å². The first kappa shape index (κ1) is 40.1. The van der Waals surface area contributed by atoms with E-state index in [-0.39, 0.29) is 5.92 Å². The van der Waals surface area contributed by atoms with Crippen LogP contribution in [0.5, 0.6) is 0 Å². The SMILES string of the molecule is C1=CCC(c2nc(-c3ccccc3)nc(-c3ccccc3-c3ccccc3-c3ccccc3-c3nc(-c4ccc(-c5ccccc5)cc4)nc(-c4ccc(-c5ccccc5)cc4)n3)n2)C=C1. The maximum atomic E-state index is 5.25. The van der Waals surface area contributed by atoms with E-state index in [0.717, 1.165) is 84.6 Å². The van der Waals surface area contributed by atoms with Crippen LogP contribution < -0.4 is 0 Å². The van der Waals surface area contributed by atoms with Crippen molar-refractivity contribution in [1.82, 2.24) is 29.9 Å². The van der Waals surface area contributed by atoms with Crippen molar-refractivity contribution in [1.29, 1.82) is 0 Å². The topological polar surface area (TPSA) is 77.3 Å². The summed E-state index contributed by atoms with van der Waals surface area (Å²) in [4.78, 5) is 31.0. The zero-order chi connectivity index (χ0) is 44.1. The van der Waals surface area contributed by atoms with Crippen LogP contribution in [0.2, 0.25) is 0 Å². The van der Waals surface area contributed by atoms with E-state index in [0.29, 0.717) is 29.1 Å². The first-order valence-electron chi connectivity index (χ1n) is 22.2. The summed E-state index contributed by atoms with van der Waals surface area (Å²) in [5.41, 5.74) is 13.2. The Bertz CT molecular complexity index is 3260. The van der Waals surface area contributed by atoms with E-state index in [1.807, 2.05) is 36.4 Å². The number of hydrogen-bond acceptors (Lipinski definition) is 6.